The molecule has 156 valence electrons. The quantitative estimate of drug-likeness (QED) is 0.750. The molecule has 1 saturated heterocycles. The number of aliphatic hydroxyl groups is 1. The standard InChI is InChI=1S/C20H25Cl2N5O2/c1-26-7-5-14(6-8-26)27(2)20(29)25-17(11-28)16-4-3-15(18(21)19(16)22)13-9-23-12-24-10-13/h3-4,9-10,12,14,17,28H,5-8,11H2,1-2H3,(H,25,29). The van der Waals surface area contributed by atoms with Crippen molar-refractivity contribution in [3.63, 3.8) is 0 Å². The number of piperidine rings is 1. The molecule has 1 unspecified atom stereocenters. The summed E-state index contributed by atoms with van der Waals surface area (Å²) in [6.07, 6.45) is 6.57. The first-order valence-corrected chi connectivity index (χ1v) is 10.2. The summed E-state index contributed by atoms with van der Waals surface area (Å²) in [5, 5.41) is 13.4. The van der Waals surface area contributed by atoms with Crippen molar-refractivity contribution in [1.29, 1.82) is 0 Å². The summed E-state index contributed by atoms with van der Waals surface area (Å²) in [6, 6.07) is 2.81. The molecule has 7 nitrogen and oxygen atoms in total. The number of rotatable bonds is 5. The predicted octanol–water partition coefficient (Wildman–Crippen LogP) is 3.22. The van der Waals surface area contributed by atoms with Crippen molar-refractivity contribution in [1.82, 2.24) is 25.1 Å². The van der Waals surface area contributed by atoms with E-state index in [0.717, 1.165) is 31.5 Å². The largest absolute Gasteiger partial charge is 0.394 e. The van der Waals surface area contributed by atoms with Crippen LogP contribution < -0.4 is 5.32 Å². The first kappa shape index (κ1) is 21.8. The van der Waals surface area contributed by atoms with Gasteiger partial charge in [-0.05, 0) is 38.5 Å². The average Bonchev–Trinajstić information content (AvgIpc) is 2.74. The van der Waals surface area contributed by atoms with Gasteiger partial charge in [0.2, 0.25) is 0 Å². The zero-order chi connectivity index (χ0) is 21.0. The van der Waals surface area contributed by atoms with E-state index >= 15 is 0 Å². The maximum Gasteiger partial charge on any atom is 0.317 e. The molecule has 1 aliphatic heterocycles. The lowest BCUT2D eigenvalue weighted by Crippen LogP contribution is -2.49. The van der Waals surface area contributed by atoms with E-state index in [0.29, 0.717) is 16.1 Å². The molecule has 0 bridgehead atoms. The molecule has 2 aromatic rings. The van der Waals surface area contributed by atoms with Crippen LogP contribution in [0.2, 0.25) is 10.0 Å². The molecule has 1 aromatic carbocycles. The predicted molar refractivity (Wildman–Crippen MR) is 114 cm³/mol. The molecule has 3 rings (SSSR count). The van der Waals surface area contributed by atoms with Gasteiger partial charge < -0.3 is 20.2 Å². The van der Waals surface area contributed by atoms with Crippen LogP contribution in [0.1, 0.15) is 24.4 Å². The lowest BCUT2D eigenvalue weighted by molar-refractivity contribution is 0.141. The minimum absolute atomic E-state index is 0.171. The third-order valence-electron chi connectivity index (χ3n) is 5.40. The van der Waals surface area contributed by atoms with E-state index in [2.05, 4.69) is 27.2 Å². The number of halogens is 2. The fraction of sp³-hybridized carbons (Fsp3) is 0.450. The fourth-order valence-corrected chi connectivity index (χ4v) is 4.09. The van der Waals surface area contributed by atoms with Crippen LogP contribution in [0.5, 0.6) is 0 Å². The van der Waals surface area contributed by atoms with Gasteiger partial charge in [0.25, 0.3) is 0 Å². The molecule has 0 saturated carbocycles. The van der Waals surface area contributed by atoms with Crippen molar-refractivity contribution in [2.45, 2.75) is 24.9 Å². The highest BCUT2D eigenvalue weighted by molar-refractivity contribution is 6.44. The van der Waals surface area contributed by atoms with E-state index in [9.17, 15) is 9.90 Å². The van der Waals surface area contributed by atoms with Crippen LogP contribution >= 0.6 is 23.2 Å². The summed E-state index contributed by atoms with van der Waals surface area (Å²) in [7, 11) is 3.86. The van der Waals surface area contributed by atoms with Crippen LogP contribution in [0.15, 0.2) is 30.9 Å². The smallest absolute Gasteiger partial charge is 0.317 e. The number of amides is 2. The Morgan fingerprint density at radius 2 is 1.93 bits per heavy atom. The van der Waals surface area contributed by atoms with Crippen LogP contribution in [0.3, 0.4) is 0 Å². The zero-order valence-electron chi connectivity index (χ0n) is 16.5. The molecule has 1 atom stereocenters. The van der Waals surface area contributed by atoms with Gasteiger partial charge in [0.05, 0.1) is 22.7 Å². The molecule has 1 aliphatic rings. The minimum Gasteiger partial charge on any atom is -0.394 e. The van der Waals surface area contributed by atoms with Crippen LogP contribution in [0, 0.1) is 0 Å². The topological polar surface area (TPSA) is 81.6 Å². The highest BCUT2D eigenvalue weighted by Crippen LogP contribution is 2.37. The van der Waals surface area contributed by atoms with Crippen LogP contribution in [-0.2, 0) is 0 Å². The van der Waals surface area contributed by atoms with E-state index in [-0.39, 0.29) is 23.7 Å². The minimum atomic E-state index is -0.665. The number of carbonyl (C=O) groups excluding carboxylic acids is 1. The zero-order valence-corrected chi connectivity index (χ0v) is 18.0. The number of hydrogen-bond donors (Lipinski definition) is 2. The van der Waals surface area contributed by atoms with E-state index in [1.165, 1.54) is 6.33 Å². The maximum absolute atomic E-state index is 12.7. The Morgan fingerprint density at radius 1 is 1.28 bits per heavy atom. The number of likely N-dealkylation sites (tertiary alicyclic amines) is 1. The first-order valence-electron chi connectivity index (χ1n) is 9.48. The van der Waals surface area contributed by atoms with Gasteiger partial charge in [-0.25, -0.2) is 14.8 Å². The number of urea groups is 1. The Balaban J connectivity index is 1.76. The third kappa shape index (κ3) is 4.98. The van der Waals surface area contributed by atoms with E-state index in [1.807, 2.05) is 0 Å². The van der Waals surface area contributed by atoms with Gasteiger partial charge in [0.1, 0.15) is 6.33 Å². The average molecular weight is 438 g/mol. The highest BCUT2D eigenvalue weighted by atomic mass is 35.5. The Hall–Kier alpha value is -1.93. The molecule has 29 heavy (non-hydrogen) atoms. The summed E-state index contributed by atoms with van der Waals surface area (Å²) >= 11 is 13.0. The number of nitrogens with one attached hydrogen (secondary N) is 1. The molecule has 2 amide bonds. The first-order chi connectivity index (χ1) is 13.9. The summed E-state index contributed by atoms with van der Waals surface area (Å²) in [4.78, 5) is 24.7. The number of hydrogen-bond acceptors (Lipinski definition) is 5. The van der Waals surface area contributed by atoms with Crippen molar-refractivity contribution in [3.8, 4) is 11.1 Å². The van der Waals surface area contributed by atoms with Crippen molar-refractivity contribution < 1.29 is 9.90 Å². The molecule has 2 heterocycles. The van der Waals surface area contributed by atoms with Gasteiger partial charge in [0.15, 0.2) is 0 Å². The summed E-state index contributed by atoms with van der Waals surface area (Å²) < 4.78 is 0. The van der Waals surface area contributed by atoms with Crippen molar-refractivity contribution in [2.75, 3.05) is 33.8 Å². The molecule has 1 aromatic heterocycles. The van der Waals surface area contributed by atoms with E-state index in [4.69, 9.17) is 23.2 Å². The number of aliphatic hydroxyl groups excluding tert-OH is 1. The van der Waals surface area contributed by atoms with Gasteiger partial charge in [0, 0.05) is 36.6 Å². The second-order valence-corrected chi connectivity index (χ2v) is 8.04. The van der Waals surface area contributed by atoms with Gasteiger partial charge >= 0.3 is 6.03 Å². The number of benzene rings is 1. The van der Waals surface area contributed by atoms with Crippen molar-refractivity contribution in [2.24, 2.45) is 0 Å². The summed E-state index contributed by atoms with van der Waals surface area (Å²) in [6.45, 7) is 1.62. The molecule has 0 aliphatic carbocycles. The fourth-order valence-electron chi connectivity index (χ4n) is 3.52. The molecule has 1 fully saturated rings. The van der Waals surface area contributed by atoms with Gasteiger partial charge in [-0.1, -0.05) is 35.3 Å². The Bertz CT molecular complexity index is 844. The van der Waals surface area contributed by atoms with Crippen molar-refractivity contribution in [3.05, 3.63) is 46.5 Å². The number of carbonyl (C=O) groups is 1. The van der Waals surface area contributed by atoms with E-state index in [1.54, 1.807) is 36.5 Å². The number of aromatic nitrogens is 2. The Morgan fingerprint density at radius 3 is 2.55 bits per heavy atom. The number of nitrogens with zero attached hydrogens (tertiary/aromatic N) is 4. The van der Waals surface area contributed by atoms with Gasteiger partial charge in [-0.3, -0.25) is 0 Å². The monoisotopic (exact) mass is 437 g/mol. The van der Waals surface area contributed by atoms with Gasteiger partial charge in [-0.2, -0.15) is 0 Å². The molecular weight excluding hydrogens is 413 g/mol. The SMILES string of the molecule is CN1CCC(N(C)C(=O)NC(CO)c2ccc(-c3cncnc3)c(Cl)c2Cl)CC1. The van der Waals surface area contributed by atoms with Crippen LogP contribution in [0.4, 0.5) is 4.79 Å². The van der Waals surface area contributed by atoms with Crippen LogP contribution in [-0.4, -0.2) is 70.7 Å². The van der Waals surface area contributed by atoms with Crippen LogP contribution in [0.25, 0.3) is 11.1 Å². The molecular formula is C20H25Cl2N5O2. The lowest BCUT2D eigenvalue weighted by Gasteiger charge is -2.35. The normalized spacial score (nSPS) is 16.4. The summed E-state index contributed by atoms with van der Waals surface area (Å²) in [5.74, 6) is 0. The maximum atomic E-state index is 12.7. The second kappa shape index (κ2) is 9.71. The lowest BCUT2D eigenvalue weighted by atomic mass is 10.0. The van der Waals surface area contributed by atoms with Crippen molar-refractivity contribution >= 4 is 29.2 Å². The molecule has 0 spiro atoms. The molecule has 9 heteroatoms. The third-order valence-corrected chi connectivity index (χ3v) is 6.29. The van der Waals surface area contributed by atoms with E-state index < -0.39 is 6.04 Å². The molecule has 0 radical (unpaired) electrons. The Labute approximate surface area is 180 Å². The molecule has 2 N–H and O–H groups in total. The Kier molecular flexibility index (Phi) is 7.29. The van der Waals surface area contributed by atoms with Gasteiger partial charge in [-0.15, -0.1) is 0 Å². The summed E-state index contributed by atoms with van der Waals surface area (Å²) in [5.41, 5.74) is 1.98. The highest BCUT2D eigenvalue weighted by Gasteiger charge is 2.27. The second-order valence-electron chi connectivity index (χ2n) is 7.29.